The van der Waals surface area contributed by atoms with Crippen molar-refractivity contribution < 1.29 is 0 Å². The lowest BCUT2D eigenvalue weighted by Gasteiger charge is -2.38. The van der Waals surface area contributed by atoms with E-state index in [0.717, 1.165) is 12.0 Å². The molecule has 0 N–H and O–H groups in total. The highest BCUT2D eigenvalue weighted by atomic mass is 15.2. The molecule has 1 aliphatic carbocycles. The number of hydrogen-bond donors (Lipinski definition) is 0. The zero-order valence-electron chi connectivity index (χ0n) is 11.1. The first-order valence-corrected chi connectivity index (χ1v) is 7.29. The summed E-state index contributed by atoms with van der Waals surface area (Å²) in [5.74, 6) is 1.05. The molecule has 0 aromatic rings. The minimum atomic E-state index is 0.892. The molecule has 0 aromatic heterocycles. The minimum absolute atomic E-state index is 0.892. The summed E-state index contributed by atoms with van der Waals surface area (Å²) in [6, 6.07) is 0.892. The lowest BCUT2D eigenvalue weighted by atomic mass is 10.0. The van der Waals surface area contributed by atoms with Gasteiger partial charge < -0.3 is 9.80 Å². The Morgan fingerprint density at radius 2 is 1.75 bits per heavy atom. The van der Waals surface area contributed by atoms with Gasteiger partial charge in [-0.1, -0.05) is 13.8 Å². The number of hydrogen-bond acceptors (Lipinski definition) is 2. The fourth-order valence-electron chi connectivity index (χ4n) is 2.94. The second-order valence-electron chi connectivity index (χ2n) is 5.60. The van der Waals surface area contributed by atoms with Crippen LogP contribution in [-0.4, -0.2) is 48.6 Å². The molecular weight excluding hydrogens is 196 g/mol. The molecule has 2 nitrogen and oxygen atoms in total. The van der Waals surface area contributed by atoms with Gasteiger partial charge in [-0.3, -0.25) is 0 Å². The predicted molar refractivity (Wildman–Crippen MR) is 69.7 cm³/mol. The molecule has 1 saturated heterocycles. The molecule has 94 valence electrons. The maximum absolute atomic E-state index is 2.80. The zero-order chi connectivity index (χ0) is 11.4. The van der Waals surface area contributed by atoms with Crippen molar-refractivity contribution in [3.63, 3.8) is 0 Å². The summed E-state index contributed by atoms with van der Waals surface area (Å²) in [6.45, 7) is 11.2. The van der Waals surface area contributed by atoms with Crippen molar-refractivity contribution in [1.29, 1.82) is 0 Å². The van der Waals surface area contributed by atoms with E-state index in [1.807, 2.05) is 0 Å². The fourth-order valence-corrected chi connectivity index (χ4v) is 2.94. The number of piperidine rings is 1. The van der Waals surface area contributed by atoms with E-state index in [0.29, 0.717) is 0 Å². The second kappa shape index (κ2) is 6.02. The van der Waals surface area contributed by atoms with Crippen LogP contribution in [0.2, 0.25) is 0 Å². The molecule has 1 heterocycles. The molecule has 2 heteroatoms. The normalized spacial score (nSPS) is 24.2. The van der Waals surface area contributed by atoms with E-state index < -0.39 is 0 Å². The fraction of sp³-hybridized carbons (Fsp3) is 1.00. The van der Waals surface area contributed by atoms with Gasteiger partial charge in [0.15, 0.2) is 0 Å². The van der Waals surface area contributed by atoms with Crippen LogP contribution in [-0.2, 0) is 0 Å². The standard InChI is InChI=1S/C14H28N2/c1-3-9-16(12-13-5-6-13)14-7-10-15(4-2)11-8-14/h13-14H,3-12H2,1-2H3. The third-order valence-electron chi connectivity index (χ3n) is 4.22. The Morgan fingerprint density at radius 3 is 2.25 bits per heavy atom. The van der Waals surface area contributed by atoms with Crippen molar-refractivity contribution in [3.8, 4) is 0 Å². The van der Waals surface area contributed by atoms with Gasteiger partial charge in [0.1, 0.15) is 0 Å². The summed E-state index contributed by atoms with van der Waals surface area (Å²) < 4.78 is 0. The van der Waals surface area contributed by atoms with Gasteiger partial charge in [0.2, 0.25) is 0 Å². The van der Waals surface area contributed by atoms with Crippen molar-refractivity contribution in [2.24, 2.45) is 5.92 Å². The highest BCUT2D eigenvalue weighted by Crippen LogP contribution is 2.31. The van der Waals surface area contributed by atoms with Gasteiger partial charge in [-0.25, -0.2) is 0 Å². The zero-order valence-corrected chi connectivity index (χ0v) is 11.1. The third-order valence-corrected chi connectivity index (χ3v) is 4.22. The Kier molecular flexibility index (Phi) is 4.66. The SMILES string of the molecule is CCCN(CC1CC1)C1CCN(CC)CC1. The molecule has 0 amide bonds. The van der Waals surface area contributed by atoms with Crippen LogP contribution in [0.1, 0.15) is 46.0 Å². The van der Waals surface area contributed by atoms with E-state index in [9.17, 15) is 0 Å². The van der Waals surface area contributed by atoms with Gasteiger partial charge in [0, 0.05) is 12.6 Å². The molecule has 0 atom stereocenters. The van der Waals surface area contributed by atoms with E-state index in [1.54, 1.807) is 0 Å². The van der Waals surface area contributed by atoms with Gasteiger partial charge in [-0.2, -0.15) is 0 Å². The lowest BCUT2D eigenvalue weighted by molar-refractivity contribution is 0.107. The van der Waals surface area contributed by atoms with Crippen LogP contribution in [0.5, 0.6) is 0 Å². The summed E-state index contributed by atoms with van der Waals surface area (Å²) in [5.41, 5.74) is 0. The Balaban J connectivity index is 1.78. The topological polar surface area (TPSA) is 6.48 Å². The molecule has 0 radical (unpaired) electrons. The van der Waals surface area contributed by atoms with Gasteiger partial charge >= 0.3 is 0 Å². The highest BCUT2D eigenvalue weighted by molar-refractivity contribution is 4.84. The summed E-state index contributed by atoms with van der Waals surface area (Å²) >= 11 is 0. The second-order valence-corrected chi connectivity index (χ2v) is 5.60. The smallest absolute Gasteiger partial charge is 0.0120 e. The van der Waals surface area contributed by atoms with Crippen LogP contribution in [0, 0.1) is 5.92 Å². The number of nitrogens with zero attached hydrogens (tertiary/aromatic N) is 2. The Bertz CT molecular complexity index is 193. The first-order chi connectivity index (χ1) is 7.83. The van der Waals surface area contributed by atoms with Crippen LogP contribution in [0.15, 0.2) is 0 Å². The molecule has 2 rings (SSSR count). The first-order valence-electron chi connectivity index (χ1n) is 7.29. The minimum Gasteiger partial charge on any atom is -0.303 e. The van der Waals surface area contributed by atoms with Crippen LogP contribution in [0.25, 0.3) is 0 Å². The molecule has 2 fully saturated rings. The number of rotatable bonds is 6. The van der Waals surface area contributed by atoms with Crippen LogP contribution >= 0.6 is 0 Å². The van der Waals surface area contributed by atoms with Crippen molar-refractivity contribution in [3.05, 3.63) is 0 Å². The van der Waals surface area contributed by atoms with Crippen molar-refractivity contribution >= 4 is 0 Å². The lowest BCUT2D eigenvalue weighted by Crippen LogP contribution is -2.45. The highest BCUT2D eigenvalue weighted by Gasteiger charge is 2.29. The maximum Gasteiger partial charge on any atom is 0.0120 e. The van der Waals surface area contributed by atoms with Crippen molar-refractivity contribution in [1.82, 2.24) is 9.80 Å². The average molecular weight is 224 g/mol. The molecule has 16 heavy (non-hydrogen) atoms. The van der Waals surface area contributed by atoms with Crippen molar-refractivity contribution in [2.45, 2.75) is 52.0 Å². The summed E-state index contributed by atoms with van der Waals surface area (Å²) in [4.78, 5) is 5.39. The third kappa shape index (κ3) is 3.46. The largest absolute Gasteiger partial charge is 0.303 e. The quantitative estimate of drug-likeness (QED) is 0.684. The molecule has 1 saturated carbocycles. The molecule has 0 bridgehead atoms. The van der Waals surface area contributed by atoms with Gasteiger partial charge in [-0.05, 0) is 64.2 Å². The van der Waals surface area contributed by atoms with E-state index in [2.05, 4.69) is 23.6 Å². The number of likely N-dealkylation sites (tertiary alicyclic amines) is 1. The molecule has 2 aliphatic rings. The van der Waals surface area contributed by atoms with Gasteiger partial charge in [0.25, 0.3) is 0 Å². The van der Waals surface area contributed by atoms with E-state index in [-0.39, 0.29) is 0 Å². The predicted octanol–water partition coefficient (Wildman–Crippen LogP) is 2.59. The van der Waals surface area contributed by atoms with Gasteiger partial charge in [-0.15, -0.1) is 0 Å². The summed E-state index contributed by atoms with van der Waals surface area (Å²) in [5, 5.41) is 0. The monoisotopic (exact) mass is 224 g/mol. The molecule has 0 unspecified atom stereocenters. The summed E-state index contributed by atoms with van der Waals surface area (Å²) in [7, 11) is 0. The average Bonchev–Trinajstić information content (AvgIpc) is 3.13. The molecule has 0 spiro atoms. The van der Waals surface area contributed by atoms with Crippen molar-refractivity contribution in [2.75, 3.05) is 32.7 Å². The molecular formula is C14H28N2. The van der Waals surface area contributed by atoms with Gasteiger partial charge in [0.05, 0.1) is 0 Å². The maximum atomic E-state index is 2.80. The molecule has 0 aromatic carbocycles. The van der Waals surface area contributed by atoms with E-state index in [1.165, 1.54) is 64.8 Å². The Morgan fingerprint density at radius 1 is 1.06 bits per heavy atom. The Hall–Kier alpha value is -0.0800. The first kappa shape index (κ1) is 12.4. The van der Waals surface area contributed by atoms with E-state index >= 15 is 0 Å². The van der Waals surface area contributed by atoms with Crippen LogP contribution in [0.3, 0.4) is 0 Å². The Labute approximate surface area is 101 Å². The van der Waals surface area contributed by atoms with Crippen LogP contribution in [0.4, 0.5) is 0 Å². The molecule has 1 aliphatic heterocycles. The summed E-state index contributed by atoms with van der Waals surface area (Å²) in [6.07, 6.45) is 7.11. The van der Waals surface area contributed by atoms with E-state index in [4.69, 9.17) is 0 Å². The van der Waals surface area contributed by atoms with Crippen LogP contribution < -0.4 is 0 Å².